The molecule has 0 spiro atoms. The molecule has 0 saturated heterocycles. The van der Waals surface area contributed by atoms with Crippen molar-refractivity contribution in [2.75, 3.05) is 0 Å². The van der Waals surface area contributed by atoms with Crippen molar-refractivity contribution in [1.82, 2.24) is 14.6 Å². The molecule has 4 nitrogen and oxygen atoms in total. The molecule has 106 valence electrons. The fourth-order valence-corrected chi connectivity index (χ4v) is 2.21. The van der Waals surface area contributed by atoms with E-state index in [1.165, 1.54) is 5.56 Å². The highest BCUT2D eigenvalue weighted by molar-refractivity contribution is 5.75. The summed E-state index contributed by atoms with van der Waals surface area (Å²) < 4.78 is 1.64. The zero-order valence-electron chi connectivity index (χ0n) is 12.4. The molecule has 0 atom stereocenters. The van der Waals surface area contributed by atoms with Gasteiger partial charge in [-0.1, -0.05) is 45.0 Å². The number of aldehydes is 1. The topological polar surface area (TPSA) is 47.3 Å². The second-order valence-corrected chi connectivity index (χ2v) is 6.15. The van der Waals surface area contributed by atoms with E-state index in [0.717, 1.165) is 17.5 Å². The second-order valence-electron chi connectivity index (χ2n) is 6.15. The third-order valence-corrected chi connectivity index (χ3v) is 3.50. The number of rotatable bonds is 2. The molecule has 0 radical (unpaired) electrons. The summed E-state index contributed by atoms with van der Waals surface area (Å²) in [7, 11) is 0. The molecule has 0 amide bonds. The first-order valence-electron chi connectivity index (χ1n) is 6.90. The number of hydrogen-bond acceptors (Lipinski definition) is 3. The number of carbonyl (C=O) groups excluding carboxylic acids is 1. The molecule has 0 aliphatic rings. The van der Waals surface area contributed by atoms with E-state index in [-0.39, 0.29) is 5.41 Å². The van der Waals surface area contributed by atoms with Crippen LogP contribution in [0.3, 0.4) is 0 Å². The Morgan fingerprint density at radius 3 is 2.38 bits per heavy atom. The molecule has 3 rings (SSSR count). The molecule has 1 aromatic carbocycles. The summed E-state index contributed by atoms with van der Waals surface area (Å²) in [5.74, 6) is 0.665. The van der Waals surface area contributed by atoms with Gasteiger partial charge >= 0.3 is 0 Å². The van der Waals surface area contributed by atoms with Gasteiger partial charge in [0.05, 0.1) is 0 Å². The van der Waals surface area contributed by atoms with Crippen molar-refractivity contribution < 1.29 is 4.79 Å². The SMILES string of the molecule is CC(C)(C)c1ccc(-c2nc3ccc(C=O)cn3n2)cc1. The smallest absolute Gasteiger partial charge is 0.182 e. The first-order chi connectivity index (χ1) is 9.97. The fraction of sp³-hybridized carbons (Fsp3) is 0.235. The van der Waals surface area contributed by atoms with Gasteiger partial charge in [0.2, 0.25) is 0 Å². The van der Waals surface area contributed by atoms with Gasteiger partial charge in [-0.25, -0.2) is 9.50 Å². The van der Waals surface area contributed by atoms with Gasteiger partial charge in [-0.05, 0) is 23.1 Å². The lowest BCUT2D eigenvalue weighted by molar-refractivity contribution is 0.112. The van der Waals surface area contributed by atoms with Crippen LogP contribution < -0.4 is 0 Å². The first kappa shape index (κ1) is 13.5. The van der Waals surface area contributed by atoms with Crippen LogP contribution in [-0.2, 0) is 5.41 Å². The Kier molecular flexibility index (Phi) is 3.09. The second kappa shape index (κ2) is 4.81. The maximum atomic E-state index is 10.8. The molecule has 4 heteroatoms. The number of nitrogens with zero attached hydrogens (tertiary/aromatic N) is 3. The third kappa shape index (κ3) is 2.57. The van der Waals surface area contributed by atoms with Crippen molar-refractivity contribution in [2.24, 2.45) is 0 Å². The van der Waals surface area contributed by atoms with Crippen LogP contribution >= 0.6 is 0 Å². The largest absolute Gasteiger partial charge is 0.298 e. The average molecular weight is 279 g/mol. The van der Waals surface area contributed by atoms with Gasteiger partial charge < -0.3 is 0 Å². The molecule has 0 unspecified atom stereocenters. The first-order valence-corrected chi connectivity index (χ1v) is 6.90. The molecule has 0 aliphatic carbocycles. The van der Waals surface area contributed by atoms with Crippen molar-refractivity contribution in [1.29, 1.82) is 0 Å². The molecular formula is C17H17N3O. The lowest BCUT2D eigenvalue weighted by Crippen LogP contribution is -2.10. The van der Waals surface area contributed by atoms with Gasteiger partial charge in [-0.15, -0.1) is 5.10 Å². The minimum atomic E-state index is 0.129. The number of carbonyl (C=O) groups is 1. The summed E-state index contributed by atoms with van der Waals surface area (Å²) in [6.07, 6.45) is 2.49. The van der Waals surface area contributed by atoms with Crippen LogP contribution in [0.15, 0.2) is 42.6 Å². The van der Waals surface area contributed by atoms with Gasteiger partial charge in [-0.3, -0.25) is 4.79 Å². The minimum Gasteiger partial charge on any atom is -0.298 e. The molecule has 0 bridgehead atoms. The normalized spacial score (nSPS) is 11.8. The van der Waals surface area contributed by atoms with E-state index in [9.17, 15) is 4.79 Å². The van der Waals surface area contributed by atoms with Crippen molar-refractivity contribution in [3.63, 3.8) is 0 Å². The average Bonchev–Trinajstić information content (AvgIpc) is 2.89. The lowest BCUT2D eigenvalue weighted by atomic mass is 9.87. The Morgan fingerprint density at radius 1 is 1.05 bits per heavy atom. The van der Waals surface area contributed by atoms with Gasteiger partial charge in [-0.2, -0.15) is 0 Å². The van der Waals surface area contributed by atoms with Gasteiger partial charge in [0.1, 0.15) is 0 Å². The molecule has 2 heterocycles. The minimum absolute atomic E-state index is 0.129. The highest BCUT2D eigenvalue weighted by Gasteiger charge is 2.14. The van der Waals surface area contributed by atoms with Crippen molar-refractivity contribution in [3.8, 4) is 11.4 Å². The van der Waals surface area contributed by atoms with Gasteiger partial charge in [0, 0.05) is 17.3 Å². The number of aromatic nitrogens is 3. The van der Waals surface area contributed by atoms with Crippen LogP contribution in [-0.4, -0.2) is 20.9 Å². The maximum Gasteiger partial charge on any atom is 0.182 e. The summed E-state index contributed by atoms with van der Waals surface area (Å²) in [4.78, 5) is 15.3. The molecule has 0 N–H and O–H groups in total. The zero-order valence-corrected chi connectivity index (χ0v) is 12.4. The number of hydrogen-bond donors (Lipinski definition) is 0. The quantitative estimate of drug-likeness (QED) is 0.674. The van der Waals surface area contributed by atoms with Crippen LogP contribution in [0.5, 0.6) is 0 Å². The number of fused-ring (bicyclic) bond motifs is 1. The number of benzene rings is 1. The fourth-order valence-electron chi connectivity index (χ4n) is 2.21. The standard InChI is InChI=1S/C17H17N3O/c1-17(2,3)14-7-5-13(6-8-14)16-18-15-9-4-12(11-21)10-20(15)19-16/h4-11H,1-3H3. The molecular weight excluding hydrogens is 262 g/mol. The summed E-state index contributed by atoms with van der Waals surface area (Å²) in [6, 6.07) is 11.8. The predicted molar refractivity (Wildman–Crippen MR) is 82.5 cm³/mol. The van der Waals surface area contributed by atoms with E-state index >= 15 is 0 Å². The van der Waals surface area contributed by atoms with E-state index in [1.54, 1.807) is 22.8 Å². The van der Waals surface area contributed by atoms with Crippen LogP contribution in [0.2, 0.25) is 0 Å². The Balaban J connectivity index is 2.02. The Morgan fingerprint density at radius 2 is 1.76 bits per heavy atom. The zero-order chi connectivity index (χ0) is 15.0. The molecule has 0 fully saturated rings. The Bertz CT molecular complexity index is 795. The van der Waals surface area contributed by atoms with Crippen molar-refractivity contribution in [2.45, 2.75) is 26.2 Å². The highest BCUT2D eigenvalue weighted by atomic mass is 16.1. The van der Waals surface area contributed by atoms with E-state index in [4.69, 9.17) is 0 Å². The van der Waals surface area contributed by atoms with Crippen molar-refractivity contribution in [3.05, 3.63) is 53.7 Å². The monoisotopic (exact) mass is 279 g/mol. The molecule has 2 aromatic heterocycles. The predicted octanol–water partition coefficient (Wildman–Crippen LogP) is 3.51. The highest BCUT2D eigenvalue weighted by Crippen LogP contribution is 2.25. The summed E-state index contributed by atoms with van der Waals surface area (Å²) in [6.45, 7) is 6.56. The maximum absolute atomic E-state index is 10.8. The van der Waals surface area contributed by atoms with E-state index in [0.29, 0.717) is 11.4 Å². The molecule has 0 aliphatic heterocycles. The lowest BCUT2D eigenvalue weighted by Gasteiger charge is -2.18. The summed E-state index contributed by atoms with van der Waals surface area (Å²) >= 11 is 0. The van der Waals surface area contributed by atoms with E-state index < -0.39 is 0 Å². The van der Waals surface area contributed by atoms with Gasteiger partial charge in [0.15, 0.2) is 17.8 Å². The Hall–Kier alpha value is -2.49. The molecule has 21 heavy (non-hydrogen) atoms. The Labute approximate surface area is 123 Å². The van der Waals surface area contributed by atoms with E-state index in [2.05, 4.69) is 43.0 Å². The van der Waals surface area contributed by atoms with E-state index in [1.807, 2.05) is 12.1 Å². The summed E-state index contributed by atoms with van der Waals surface area (Å²) in [5.41, 5.74) is 3.69. The number of pyridine rings is 1. The van der Waals surface area contributed by atoms with Gasteiger partial charge in [0.25, 0.3) is 0 Å². The van der Waals surface area contributed by atoms with Crippen LogP contribution in [0.25, 0.3) is 17.0 Å². The summed E-state index contributed by atoms with van der Waals surface area (Å²) in [5, 5.41) is 4.43. The van der Waals surface area contributed by atoms with Crippen molar-refractivity contribution >= 4 is 11.9 Å². The van der Waals surface area contributed by atoms with Crippen LogP contribution in [0.1, 0.15) is 36.7 Å². The van der Waals surface area contributed by atoms with Crippen LogP contribution in [0.4, 0.5) is 0 Å². The third-order valence-electron chi connectivity index (χ3n) is 3.50. The molecule has 0 saturated carbocycles. The molecule has 3 aromatic rings. The van der Waals surface area contributed by atoms with Crippen LogP contribution in [0, 0.1) is 0 Å².